The van der Waals surface area contributed by atoms with E-state index in [9.17, 15) is 0 Å². The molecule has 2 heteroatoms. The third-order valence-corrected chi connectivity index (χ3v) is 7.87. The highest BCUT2D eigenvalue weighted by Gasteiger charge is 2.13. The van der Waals surface area contributed by atoms with Gasteiger partial charge in [-0.25, -0.2) is 0 Å². The zero-order valence-electron chi connectivity index (χ0n) is 21.8. The second-order valence-corrected chi connectivity index (χ2v) is 10.3. The van der Waals surface area contributed by atoms with E-state index in [0.717, 1.165) is 32.9 Å². The fourth-order valence-corrected chi connectivity index (χ4v) is 5.80. The summed E-state index contributed by atoms with van der Waals surface area (Å²) < 4.78 is 0. The Hall–Kier alpha value is -5.34. The summed E-state index contributed by atoms with van der Waals surface area (Å²) >= 11 is 0. The second kappa shape index (κ2) is 9.14. The lowest BCUT2D eigenvalue weighted by Crippen LogP contribution is -1.91. The van der Waals surface area contributed by atoms with Crippen molar-refractivity contribution in [1.82, 2.24) is 9.97 Å². The van der Waals surface area contributed by atoms with Gasteiger partial charge in [0.2, 0.25) is 0 Å². The number of pyridine rings is 2. The number of rotatable bonds is 3. The molecule has 0 aliphatic carbocycles. The van der Waals surface area contributed by atoms with Gasteiger partial charge in [-0.1, -0.05) is 103 Å². The van der Waals surface area contributed by atoms with Crippen molar-refractivity contribution in [3.05, 3.63) is 146 Å². The molecule has 0 saturated carbocycles. The molecule has 40 heavy (non-hydrogen) atoms. The van der Waals surface area contributed by atoms with Crippen LogP contribution in [0.3, 0.4) is 0 Å². The molecule has 0 radical (unpaired) electrons. The van der Waals surface area contributed by atoms with Gasteiger partial charge in [-0.2, -0.15) is 0 Å². The number of hydrogen-bond acceptors (Lipinski definition) is 2. The third kappa shape index (κ3) is 3.81. The maximum absolute atomic E-state index is 4.98. The van der Waals surface area contributed by atoms with Gasteiger partial charge in [0, 0.05) is 34.3 Å². The average Bonchev–Trinajstić information content (AvgIpc) is 3.03. The highest BCUT2D eigenvalue weighted by molar-refractivity contribution is 6.06. The SMILES string of the molecule is c1ccc(-c2cc3ccccc3cc2-c2cnc3c(ccc4cc(-c5ccc6ccccc6c5)cnc43)c2)cc1. The van der Waals surface area contributed by atoms with Crippen molar-refractivity contribution < 1.29 is 0 Å². The molecule has 0 aliphatic heterocycles. The first-order chi connectivity index (χ1) is 19.8. The second-order valence-electron chi connectivity index (χ2n) is 10.3. The first kappa shape index (κ1) is 22.6. The van der Waals surface area contributed by atoms with Gasteiger partial charge in [0.05, 0.1) is 11.0 Å². The Bertz CT molecular complexity index is 2210. The Morgan fingerprint density at radius 3 is 1.45 bits per heavy atom. The first-order valence-electron chi connectivity index (χ1n) is 13.6. The monoisotopic (exact) mass is 508 g/mol. The number of fused-ring (bicyclic) bond motifs is 5. The van der Waals surface area contributed by atoms with Crippen LogP contribution in [-0.4, -0.2) is 9.97 Å². The van der Waals surface area contributed by atoms with Crippen molar-refractivity contribution in [1.29, 1.82) is 0 Å². The Morgan fingerprint density at radius 1 is 0.300 bits per heavy atom. The number of aromatic nitrogens is 2. The Morgan fingerprint density at radius 2 is 0.775 bits per heavy atom. The lowest BCUT2D eigenvalue weighted by atomic mass is 9.91. The molecule has 8 aromatic rings. The van der Waals surface area contributed by atoms with Crippen molar-refractivity contribution in [3.8, 4) is 33.4 Å². The molecular weight excluding hydrogens is 484 g/mol. The third-order valence-electron chi connectivity index (χ3n) is 7.87. The fourth-order valence-electron chi connectivity index (χ4n) is 5.80. The highest BCUT2D eigenvalue weighted by Crippen LogP contribution is 2.37. The van der Waals surface area contributed by atoms with Crippen LogP contribution in [-0.2, 0) is 0 Å². The predicted molar refractivity (Wildman–Crippen MR) is 168 cm³/mol. The maximum atomic E-state index is 4.98. The molecule has 6 aromatic carbocycles. The lowest BCUT2D eigenvalue weighted by Gasteiger charge is -2.13. The molecular formula is C38H24N2. The molecule has 8 rings (SSSR count). The first-order valence-corrected chi connectivity index (χ1v) is 13.6. The average molecular weight is 509 g/mol. The summed E-state index contributed by atoms with van der Waals surface area (Å²) in [7, 11) is 0. The smallest absolute Gasteiger partial charge is 0.0965 e. The molecule has 0 N–H and O–H groups in total. The van der Waals surface area contributed by atoms with E-state index in [1.54, 1.807) is 0 Å². The van der Waals surface area contributed by atoms with Gasteiger partial charge in [0.25, 0.3) is 0 Å². The lowest BCUT2D eigenvalue weighted by molar-refractivity contribution is 1.37. The molecule has 0 atom stereocenters. The minimum absolute atomic E-state index is 0.924. The largest absolute Gasteiger partial charge is 0.253 e. The summed E-state index contributed by atoms with van der Waals surface area (Å²) in [6.07, 6.45) is 3.97. The van der Waals surface area contributed by atoms with Gasteiger partial charge in [0.15, 0.2) is 0 Å². The van der Waals surface area contributed by atoms with Crippen LogP contribution in [0, 0.1) is 0 Å². The molecule has 2 nitrogen and oxygen atoms in total. The molecule has 0 aliphatic rings. The van der Waals surface area contributed by atoms with Crippen molar-refractivity contribution >= 4 is 43.4 Å². The van der Waals surface area contributed by atoms with Crippen molar-refractivity contribution in [2.75, 3.05) is 0 Å². The summed E-state index contributed by atoms with van der Waals surface area (Å²) in [5, 5.41) is 7.11. The number of benzene rings is 6. The zero-order valence-corrected chi connectivity index (χ0v) is 21.8. The van der Waals surface area contributed by atoms with Gasteiger partial charge >= 0.3 is 0 Å². The maximum Gasteiger partial charge on any atom is 0.0965 e. The normalized spacial score (nSPS) is 11.5. The molecule has 0 fully saturated rings. The number of hydrogen-bond donors (Lipinski definition) is 0. The van der Waals surface area contributed by atoms with Crippen LogP contribution in [0.2, 0.25) is 0 Å². The Labute approximate surface area is 232 Å². The van der Waals surface area contributed by atoms with Crippen LogP contribution in [0.4, 0.5) is 0 Å². The van der Waals surface area contributed by atoms with E-state index in [2.05, 4.69) is 133 Å². The van der Waals surface area contributed by atoms with Gasteiger partial charge in [-0.05, 0) is 74.1 Å². The van der Waals surface area contributed by atoms with Crippen LogP contribution in [0.15, 0.2) is 146 Å². The molecule has 0 amide bonds. The summed E-state index contributed by atoms with van der Waals surface area (Å²) in [6, 6.07) is 47.5. The molecule has 186 valence electrons. The van der Waals surface area contributed by atoms with Crippen molar-refractivity contribution in [3.63, 3.8) is 0 Å². The zero-order chi connectivity index (χ0) is 26.5. The minimum Gasteiger partial charge on any atom is -0.253 e. The highest BCUT2D eigenvalue weighted by atomic mass is 14.7. The molecule has 0 bridgehead atoms. The molecule has 0 unspecified atom stereocenters. The van der Waals surface area contributed by atoms with Gasteiger partial charge < -0.3 is 0 Å². The predicted octanol–water partition coefficient (Wildman–Crippen LogP) is 10.1. The summed E-state index contributed by atoms with van der Waals surface area (Å²) in [4.78, 5) is 9.89. The summed E-state index contributed by atoms with van der Waals surface area (Å²) in [6.45, 7) is 0. The van der Waals surface area contributed by atoms with E-state index in [0.29, 0.717) is 0 Å². The quantitative estimate of drug-likeness (QED) is 0.222. The van der Waals surface area contributed by atoms with E-state index in [-0.39, 0.29) is 0 Å². The summed E-state index contributed by atoms with van der Waals surface area (Å²) in [5.74, 6) is 0. The Balaban J connectivity index is 1.26. The van der Waals surface area contributed by atoms with E-state index >= 15 is 0 Å². The minimum atomic E-state index is 0.924. The van der Waals surface area contributed by atoms with Gasteiger partial charge in [-0.3, -0.25) is 9.97 Å². The van der Waals surface area contributed by atoms with Crippen LogP contribution >= 0.6 is 0 Å². The summed E-state index contributed by atoms with van der Waals surface area (Å²) in [5.41, 5.74) is 8.82. The van der Waals surface area contributed by atoms with Crippen LogP contribution in [0.5, 0.6) is 0 Å². The van der Waals surface area contributed by atoms with Crippen LogP contribution in [0.1, 0.15) is 0 Å². The van der Waals surface area contributed by atoms with E-state index < -0.39 is 0 Å². The molecule has 0 saturated heterocycles. The fraction of sp³-hybridized carbons (Fsp3) is 0. The topological polar surface area (TPSA) is 25.8 Å². The van der Waals surface area contributed by atoms with E-state index in [1.165, 1.54) is 43.8 Å². The van der Waals surface area contributed by atoms with E-state index in [4.69, 9.17) is 9.97 Å². The molecule has 2 heterocycles. The van der Waals surface area contributed by atoms with Crippen molar-refractivity contribution in [2.24, 2.45) is 0 Å². The van der Waals surface area contributed by atoms with Crippen LogP contribution < -0.4 is 0 Å². The molecule has 0 spiro atoms. The van der Waals surface area contributed by atoms with Crippen molar-refractivity contribution in [2.45, 2.75) is 0 Å². The van der Waals surface area contributed by atoms with Gasteiger partial charge in [-0.15, -0.1) is 0 Å². The Kier molecular flexibility index (Phi) is 5.17. The van der Waals surface area contributed by atoms with Crippen LogP contribution in [0.25, 0.3) is 76.7 Å². The van der Waals surface area contributed by atoms with Gasteiger partial charge in [0.1, 0.15) is 0 Å². The number of nitrogens with zero attached hydrogens (tertiary/aromatic N) is 2. The van der Waals surface area contributed by atoms with E-state index in [1.807, 2.05) is 12.4 Å². The molecule has 2 aromatic heterocycles. The standard InChI is InChI=1S/C38H24N2/c1-2-9-26(10-3-1)35-21-28-12-6-7-13-29(28)22-36(35)34-20-32-17-16-31-19-33(23-39-37(31)38(32)40-24-34)30-15-14-25-8-4-5-11-27(25)18-30/h1-24H.